The maximum Gasteiger partial charge on any atom is 0.337 e. The van der Waals surface area contributed by atoms with E-state index in [1.165, 1.54) is 18.6 Å². The van der Waals surface area contributed by atoms with Gasteiger partial charge in [-0.05, 0) is 17.7 Å². The lowest BCUT2D eigenvalue weighted by molar-refractivity contribution is 0.0600. The van der Waals surface area contributed by atoms with Crippen molar-refractivity contribution in [1.29, 1.82) is 0 Å². The average Bonchev–Trinajstić information content (AvgIpc) is 2.78. The second-order valence-electron chi connectivity index (χ2n) is 4.65. The molecule has 0 aromatic heterocycles. The second-order valence-corrected chi connectivity index (χ2v) is 6.41. The molecule has 0 saturated heterocycles. The standard InChI is InChI=1S/C16H12O4S/c1-20-16(17)12-7-8-13-14(11-5-3-2-4-6-11)10-21(18,19)15(13)9-12/h2-10H,1H3. The molecule has 21 heavy (non-hydrogen) atoms. The van der Waals surface area contributed by atoms with Crippen molar-refractivity contribution >= 4 is 21.4 Å². The highest BCUT2D eigenvalue weighted by atomic mass is 32.2. The first-order chi connectivity index (χ1) is 10.0. The molecule has 2 aromatic carbocycles. The van der Waals surface area contributed by atoms with Gasteiger partial charge in [-0.25, -0.2) is 13.2 Å². The minimum Gasteiger partial charge on any atom is -0.465 e. The highest BCUT2D eigenvalue weighted by Crippen LogP contribution is 2.37. The van der Waals surface area contributed by atoms with E-state index in [-0.39, 0.29) is 10.5 Å². The van der Waals surface area contributed by atoms with Crippen LogP contribution in [0.2, 0.25) is 0 Å². The van der Waals surface area contributed by atoms with Gasteiger partial charge in [0.25, 0.3) is 0 Å². The van der Waals surface area contributed by atoms with Gasteiger partial charge in [0.2, 0.25) is 9.84 Å². The van der Waals surface area contributed by atoms with Crippen molar-refractivity contribution < 1.29 is 17.9 Å². The fraction of sp³-hybridized carbons (Fsp3) is 0.0625. The molecule has 0 amide bonds. The zero-order valence-corrected chi connectivity index (χ0v) is 12.1. The van der Waals surface area contributed by atoms with Crippen molar-refractivity contribution in [2.45, 2.75) is 4.90 Å². The highest BCUT2D eigenvalue weighted by molar-refractivity contribution is 7.95. The lowest BCUT2D eigenvalue weighted by Crippen LogP contribution is -2.03. The van der Waals surface area contributed by atoms with Gasteiger partial charge >= 0.3 is 5.97 Å². The average molecular weight is 300 g/mol. The molecule has 106 valence electrons. The Hall–Kier alpha value is -2.40. The summed E-state index contributed by atoms with van der Waals surface area (Å²) in [5.41, 5.74) is 2.30. The van der Waals surface area contributed by atoms with Crippen LogP contribution in [0.15, 0.2) is 58.8 Å². The molecule has 0 spiro atoms. The number of benzene rings is 2. The molecule has 1 aliphatic heterocycles. The number of hydrogen-bond acceptors (Lipinski definition) is 4. The van der Waals surface area contributed by atoms with Gasteiger partial charge in [0.1, 0.15) is 0 Å². The Bertz CT molecular complexity index is 849. The molecule has 0 saturated carbocycles. The molecule has 0 fully saturated rings. The molecule has 0 unspecified atom stereocenters. The molecule has 0 atom stereocenters. The van der Waals surface area contributed by atoms with Crippen LogP contribution in [0.5, 0.6) is 0 Å². The second kappa shape index (κ2) is 4.86. The topological polar surface area (TPSA) is 60.4 Å². The molecule has 0 aliphatic carbocycles. The van der Waals surface area contributed by atoms with Crippen LogP contribution in [-0.2, 0) is 14.6 Å². The summed E-state index contributed by atoms with van der Waals surface area (Å²) < 4.78 is 29.2. The van der Waals surface area contributed by atoms with E-state index in [4.69, 9.17) is 0 Å². The van der Waals surface area contributed by atoms with Crippen LogP contribution in [-0.4, -0.2) is 21.5 Å². The minimum absolute atomic E-state index is 0.143. The predicted octanol–water partition coefficient (Wildman–Crippen LogP) is 2.65. The Labute approximate surface area is 122 Å². The Kier molecular flexibility index (Phi) is 3.14. The van der Waals surface area contributed by atoms with E-state index in [0.29, 0.717) is 11.1 Å². The quantitative estimate of drug-likeness (QED) is 0.800. The Morgan fingerprint density at radius 1 is 1.05 bits per heavy atom. The van der Waals surface area contributed by atoms with Gasteiger partial charge in [-0.1, -0.05) is 36.4 Å². The lowest BCUT2D eigenvalue weighted by atomic mass is 9.99. The van der Waals surface area contributed by atoms with E-state index < -0.39 is 15.8 Å². The molecule has 0 N–H and O–H groups in total. The largest absolute Gasteiger partial charge is 0.465 e. The Morgan fingerprint density at radius 2 is 1.76 bits per heavy atom. The van der Waals surface area contributed by atoms with Crippen LogP contribution in [0.3, 0.4) is 0 Å². The van der Waals surface area contributed by atoms with Crippen LogP contribution in [0, 0.1) is 0 Å². The van der Waals surface area contributed by atoms with E-state index >= 15 is 0 Å². The lowest BCUT2D eigenvalue weighted by Gasteiger charge is -2.06. The molecule has 1 heterocycles. The van der Waals surface area contributed by atoms with Crippen molar-refractivity contribution in [3.05, 3.63) is 70.6 Å². The summed E-state index contributed by atoms with van der Waals surface area (Å²) in [4.78, 5) is 11.7. The van der Waals surface area contributed by atoms with Crippen LogP contribution in [0.1, 0.15) is 21.5 Å². The third-order valence-corrected chi connectivity index (χ3v) is 4.85. The fourth-order valence-corrected chi connectivity index (χ4v) is 3.82. The van der Waals surface area contributed by atoms with Gasteiger partial charge in [0, 0.05) is 16.5 Å². The van der Waals surface area contributed by atoms with Crippen LogP contribution in [0.4, 0.5) is 0 Å². The molecule has 4 nitrogen and oxygen atoms in total. The summed E-state index contributed by atoms with van der Waals surface area (Å²) in [5, 5.41) is 1.24. The van der Waals surface area contributed by atoms with E-state index in [0.717, 1.165) is 5.56 Å². The van der Waals surface area contributed by atoms with Gasteiger partial charge < -0.3 is 4.74 Å². The van der Waals surface area contributed by atoms with Gasteiger partial charge in [0.05, 0.1) is 17.6 Å². The molecule has 0 radical (unpaired) electrons. The molecule has 5 heteroatoms. The first-order valence-electron chi connectivity index (χ1n) is 6.28. The van der Waals surface area contributed by atoms with Crippen LogP contribution in [0.25, 0.3) is 5.57 Å². The molecule has 3 rings (SSSR count). The van der Waals surface area contributed by atoms with Crippen molar-refractivity contribution in [2.24, 2.45) is 0 Å². The summed E-state index contributed by atoms with van der Waals surface area (Å²) in [6, 6.07) is 13.9. The zero-order chi connectivity index (χ0) is 15.0. The number of ether oxygens (including phenoxy) is 1. The monoisotopic (exact) mass is 300 g/mol. The van der Waals surface area contributed by atoms with Crippen LogP contribution < -0.4 is 0 Å². The van der Waals surface area contributed by atoms with Crippen molar-refractivity contribution in [2.75, 3.05) is 7.11 Å². The maximum atomic E-state index is 12.3. The number of rotatable bonds is 2. The van der Waals surface area contributed by atoms with Crippen LogP contribution >= 0.6 is 0 Å². The molecule has 2 aromatic rings. The predicted molar refractivity (Wildman–Crippen MR) is 78.5 cm³/mol. The summed E-state index contributed by atoms with van der Waals surface area (Å²) in [6.07, 6.45) is 0. The normalized spacial score (nSPS) is 15.2. The fourth-order valence-electron chi connectivity index (χ4n) is 2.35. The first kappa shape index (κ1) is 13.6. The molecular formula is C16H12O4S. The Morgan fingerprint density at radius 3 is 2.43 bits per heavy atom. The highest BCUT2D eigenvalue weighted by Gasteiger charge is 2.28. The molecule has 1 aliphatic rings. The van der Waals surface area contributed by atoms with Crippen molar-refractivity contribution in [3.63, 3.8) is 0 Å². The van der Waals surface area contributed by atoms with Crippen molar-refractivity contribution in [1.82, 2.24) is 0 Å². The number of carbonyl (C=O) groups excluding carboxylic acids is 1. The van der Waals surface area contributed by atoms with E-state index in [1.807, 2.05) is 30.3 Å². The zero-order valence-electron chi connectivity index (χ0n) is 11.2. The molecular weight excluding hydrogens is 288 g/mol. The van der Waals surface area contributed by atoms with Crippen molar-refractivity contribution in [3.8, 4) is 0 Å². The third-order valence-electron chi connectivity index (χ3n) is 3.36. The molecule has 0 bridgehead atoms. The van der Waals surface area contributed by atoms with Gasteiger partial charge in [0.15, 0.2) is 0 Å². The van der Waals surface area contributed by atoms with E-state index in [2.05, 4.69) is 4.74 Å². The summed E-state index contributed by atoms with van der Waals surface area (Å²) in [6.45, 7) is 0. The number of carbonyl (C=O) groups is 1. The number of methoxy groups -OCH3 is 1. The number of sulfone groups is 1. The smallest absolute Gasteiger partial charge is 0.337 e. The van der Waals surface area contributed by atoms with E-state index in [9.17, 15) is 13.2 Å². The number of esters is 1. The first-order valence-corrected chi connectivity index (χ1v) is 7.82. The maximum absolute atomic E-state index is 12.3. The number of fused-ring (bicyclic) bond motifs is 1. The summed E-state index contributed by atoms with van der Waals surface area (Å²) in [5.74, 6) is -0.554. The van der Waals surface area contributed by atoms with Gasteiger partial charge in [-0.2, -0.15) is 0 Å². The number of hydrogen-bond donors (Lipinski definition) is 0. The third kappa shape index (κ3) is 2.25. The van der Waals surface area contributed by atoms with Gasteiger partial charge in [-0.15, -0.1) is 0 Å². The Balaban J connectivity index is 2.18. The minimum atomic E-state index is -3.54. The summed E-state index contributed by atoms with van der Waals surface area (Å²) >= 11 is 0. The van der Waals surface area contributed by atoms with Gasteiger partial charge in [-0.3, -0.25) is 0 Å². The summed E-state index contributed by atoms with van der Waals surface area (Å²) in [7, 11) is -2.28. The van der Waals surface area contributed by atoms with E-state index in [1.54, 1.807) is 12.1 Å². The SMILES string of the molecule is COC(=O)c1ccc2c(c1)S(=O)(=O)C=C2c1ccccc1.